The number of carbonyl (C=O) groups is 2. The number of hydrogen-bond donors (Lipinski definition) is 2. The van der Waals surface area contributed by atoms with Crippen LogP contribution in [0, 0.1) is 0 Å². The van der Waals surface area contributed by atoms with Gasteiger partial charge in [-0.2, -0.15) is 0 Å². The monoisotopic (exact) mass is 206 g/mol. The van der Waals surface area contributed by atoms with Crippen molar-refractivity contribution in [3.05, 3.63) is 35.9 Å². The summed E-state index contributed by atoms with van der Waals surface area (Å²) in [5.41, 5.74) is 0.586. The lowest BCUT2D eigenvalue weighted by Gasteiger charge is -2.20. The van der Waals surface area contributed by atoms with E-state index >= 15 is 0 Å². The Labute approximate surface area is 86.3 Å². The third-order valence-electron chi connectivity index (χ3n) is 2.21. The third kappa shape index (κ3) is 1.82. The molecule has 1 unspecified atom stereocenters. The lowest BCUT2D eigenvalue weighted by molar-refractivity contribution is -0.119. The Balaban J connectivity index is 2.18. The van der Waals surface area contributed by atoms with Crippen LogP contribution in [0.15, 0.2) is 30.3 Å². The Hall–Kier alpha value is -1.88. The van der Waals surface area contributed by atoms with Gasteiger partial charge in [0.15, 0.2) is 6.23 Å². The highest BCUT2D eigenvalue weighted by atomic mass is 16.3. The van der Waals surface area contributed by atoms with Crippen molar-refractivity contribution in [2.75, 3.05) is 6.54 Å². The van der Waals surface area contributed by atoms with E-state index in [1.54, 1.807) is 24.3 Å². The molecule has 2 rings (SSSR count). The minimum Gasteiger partial charge on any atom is -0.369 e. The van der Waals surface area contributed by atoms with Gasteiger partial charge in [-0.3, -0.25) is 15.0 Å². The smallest absolute Gasteiger partial charge is 0.326 e. The number of nitrogens with zero attached hydrogens (tertiary/aromatic N) is 1. The van der Waals surface area contributed by atoms with E-state index in [-0.39, 0.29) is 6.54 Å². The van der Waals surface area contributed by atoms with Gasteiger partial charge in [0.25, 0.3) is 0 Å². The highest BCUT2D eigenvalue weighted by molar-refractivity contribution is 6.02. The van der Waals surface area contributed by atoms with E-state index in [0.717, 1.165) is 4.90 Å². The summed E-state index contributed by atoms with van der Waals surface area (Å²) in [6, 6.07) is 8.16. The summed E-state index contributed by atoms with van der Waals surface area (Å²) in [5, 5.41) is 11.9. The second-order valence-corrected chi connectivity index (χ2v) is 3.27. The minimum absolute atomic E-state index is 0.102. The molecule has 0 aromatic heterocycles. The molecule has 1 aliphatic rings. The van der Waals surface area contributed by atoms with Crippen LogP contribution in [-0.2, 0) is 4.79 Å². The molecule has 1 aromatic rings. The van der Waals surface area contributed by atoms with E-state index in [0.29, 0.717) is 5.56 Å². The van der Waals surface area contributed by atoms with Gasteiger partial charge in [0.1, 0.15) is 6.54 Å². The molecule has 0 saturated carbocycles. The molecule has 1 saturated heterocycles. The number of carbonyl (C=O) groups excluding carboxylic acids is 2. The van der Waals surface area contributed by atoms with E-state index in [9.17, 15) is 14.7 Å². The summed E-state index contributed by atoms with van der Waals surface area (Å²) < 4.78 is 0. The lowest BCUT2D eigenvalue weighted by Crippen LogP contribution is -2.32. The van der Waals surface area contributed by atoms with Gasteiger partial charge in [-0.15, -0.1) is 0 Å². The zero-order chi connectivity index (χ0) is 10.8. The topological polar surface area (TPSA) is 69.6 Å². The third-order valence-corrected chi connectivity index (χ3v) is 2.21. The maximum Gasteiger partial charge on any atom is 0.326 e. The summed E-state index contributed by atoms with van der Waals surface area (Å²) in [6.45, 7) is -0.102. The number of amides is 3. The maximum absolute atomic E-state index is 11.2. The molecular weight excluding hydrogens is 196 g/mol. The molecule has 3 amide bonds. The van der Waals surface area contributed by atoms with Gasteiger partial charge in [-0.25, -0.2) is 4.79 Å². The number of aliphatic hydroxyl groups is 1. The number of hydrogen-bond acceptors (Lipinski definition) is 3. The lowest BCUT2D eigenvalue weighted by atomic mass is 10.2. The standard InChI is InChI=1S/C10H10N2O3/c13-8-6-12(10(15)11-8)9(14)7-4-2-1-3-5-7/h1-5,9,14H,6H2,(H,11,13,15). The van der Waals surface area contributed by atoms with Crippen molar-refractivity contribution in [2.24, 2.45) is 0 Å². The Morgan fingerprint density at radius 2 is 1.93 bits per heavy atom. The van der Waals surface area contributed by atoms with Crippen molar-refractivity contribution < 1.29 is 14.7 Å². The molecule has 1 heterocycles. The van der Waals surface area contributed by atoms with Crippen LogP contribution in [0.3, 0.4) is 0 Å². The largest absolute Gasteiger partial charge is 0.369 e. The first-order valence-corrected chi connectivity index (χ1v) is 4.52. The van der Waals surface area contributed by atoms with Crippen LogP contribution < -0.4 is 5.32 Å². The molecule has 1 atom stereocenters. The first-order valence-electron chi connectivity index (χ1n) is 4.52. The van der Waals surface area contributed by atoms with Crippen LogP contribution in [0.2, 0.25) is 0 Å². The van der Waals surface area contributed by atoms with Crippen molar-refractivity contribution in [3.63, 3.8) is 0 Å². The number of urea groups is 1. The molecule has 1 fully saturated rings. The van der Waals surface area contributed by atoms with Gasteiger partial charge >= 0.3 is 6.03 Å². The maximum atomic E-state index is 11.2. The van der Waals surface area contributed by atoms with Gasteiger partial charge in [0, 0.05) is 5.56 Å². The van der Waals surface area contributed by atoms with Gasteiger partial charge in [0.2, 0.25) is 5.91 Å². The zero-order valence-electron chi connectivity index (χ0n) is 7.88. The summed E-state index contributed by atoms with van der Waals surface area (Å²) >= 11 is 0. The molecule has 1 aliphatic heterocycles. The second-order valence-electron chi connectivity index (χ2n) is 3.27. The second kappa shape index (κ2) is 3.70. The quantitative estimate of drug-likeness (QED) is 0.680. The first kappa shape index (κ1) is 9.67. The normalized spacial score (nSPS) is 17.8. The number of imide groups is 1. The Morgan fingerprint density at radius 1 is 1.27 bits per heavy atom. The van der Waals surface area contributed by atoms with Crippen molar-refractivity contribution in [1.82, 2.24) is 10.2 Å². The molecule has 5 heteroatoms. The van der Waals surface area contributed by atoms with Crippen LogP contribution in [0.5, 0.6) is 0 Å². The Kier molecular flexibility index (Phi) is 2.39. The number of aliphatic hydroxyl groups excluding tert-OH is 1. The number of nitrogens with one attached hydrogen (secondary N) is 1. The van der Waals surface area contributed by atoms with Crippen LogP contribution in [0.4, 0.5) is 4.79 Å². The highest BCUT2D eigenvalue weighted by Gasteiger charge is 2.32. The molecule has 0 radical (unpaired) electrons. The fourth-order valence-electron chi connectivity index (χ4n) is 1.46. The number of rotatable bonds is 2. The molecule has 2 N–H and O–H groups in total. The van der Waals surface area contributed by atoms with Gasteiger partial charge in [-0.1, -0.05) is 30.3 Å². The summed E-state index contributed by atoms with van der Waals surface area (Å²) in [5.74, 6) is -0.394. The van der Waals surface area contributed by atoms with E-state index in [1.165, 1.54) is 0 Å². The Bertz CT molecular complexity index is 391. The van der Waals surface area contributed by atoms with Gasteiger partial charge in [-0.05, 0) is 0 Å². The first-order chi connectivity index (χ1) is 7.18. The predicted octanol–water partition coefficient (Wildman–Crippen LogP) is 0.229. The van der Waals surface area contributed by atoms with Crippen LogP contribution in [0.25, 0.3) is 0 Å². The fourth-order valence-corrected chi connectivity index (χ4v) is 1.46. The van der Waals surface area contributed by atoms with Gasteiger partial charge in [0.05, 0.1) is 0 Å². The molecular formula is C10H10N2O3. The molecule has 15 heavy (non-hydrogen) atoms. The van der Waals surface area contributed by atoms with E-state index < -0.39 is 18.2 Å². The highest BCUT2D eigenvalue weighted by Crippen LogP contribution is 2.18. The number of benzene rings is 1. The van der Waals surface area contributed by atoms with Crippen molar-refractivity contribution >= 4 is 11.9 Å². The molecule has 0 bridgehead atoms. The summed E-state index contributed by atoms with van der Waals surface area (Å²) in [6.07, 6.45) is -1.07. The average Bonchev–Trinajstić information content (AvgIpc) is 2.58. The molecule has 78 valence electrons. The summed E-state index contributed by atoms with van der Waals surface area (Å²) in [7, 11) is 0. The molecule has 0 spiro atoms. The minimum atomic E-state index is -1.07. The SMILES string of the molecule is O=C1CN(C(O)c2ccccc2)C(=O)N1. The molecule has 0 aliphatic carbocycles. The molecule has 1 aromatic carbocycles. The van der Waals surface area contributed by atoms with E-state index in [4.69, 9.17) is 0 Å². The summed E-state index contributed by atoms with van der Waals surface area (Å²) in [4.78, 5) is 23.2. The predicted molar refractivity (Wildman–Crippen MR) is 51.6 cm³/mol. The van der Waals surface area contributed by atoms with Crippen LogP contribution in [0.1, 0.15) is 11.8 Å². The van der Waals surface area contributed by atoms with E-state index in [1.807, 2.05) is 6.07 Å². The van der Waals surface area contributed by atoms with E-state index in [2.05, 4.69) is 5.32 Å². The van der Waals surface area contributed by atoms with Crippen LogP contribution >= 0.6 is 0 Å². The average molecular weight is 206 g/mol. The zero-order valence-corrected chi connectivity index (χ0v) is 7.88. The van der Waals surface area contributed by atoms with Crippen molar-refractivity contribution in [2.45, 2.75) is 6.23 Å². The Morgan fingerprint density at radius 3 is 2.47 bits per heavy atom. The van der Waals surface area contributed by atoms with Crippen molar-refractivity contribution in [3.8, 4) is 0 Å². The van der Waals surface area contributed by atoms with Gasteiger partial charge < -0.3 is 5.11 Å². The van der Waals surface area contributed by atoms with Crippen LogP contribution in [-0.4, -0.2) is 28.5 Å². The van der Waals surface area contributed by atoms with Crippen molar-refractivity contribution in [1.29, 1.82) is 0 Å². The molecule has 5 nitrogen and oxygen atoms in total. The fraction of sp³-hybridized carbons (Fsp3) is 0.200.